The second-order valence-electron chi connectivity index (χ2n) is 3.63. The lowest BCUT2D eigenvalue weighted by molar-refractivity contribution is -0.159. The molecule has 4 nitrogen and oxygen atoms in total. The Bertz CT molecular complexity index is 425. The van der Waals surface area contributed by atoms with Gasteiger partial charge in [-0.2, -0.15) is 0 Å². The SMILES string of the molecule is CCOC(=O)C(O)C(O)c1ccc(CCl)c(F)c1. The number of benzene rings is 1. The first-order valence-corrected chi connectivity index (χ1v) is 5.91. The number of rotatable bonds is 5. The summed E-state index contributed by atoms with van der Waals surface area (Å²) in [5.74, 6) is -1.55. The second-order valence-corrected chi connectivity index (χ2v) is 3.89. The highest BCUT2D eigenvalue weighted by molar-refractivity contribution is 6.17. The van der Waals surface area contributed by atoms with E-state index in [2.05, 4.69) is 4.74 Å². The molecule has 0 saturated carbocycles. The highest BCUT2D eigenvalue weighted by atomic mass is 35.5. The summed E-state index contributed by atoms with van der Waals surface area (Å²) in [6, 6.07) is 3.82. The number of hydrogen-bond donors (Lipinski definition) is 2. The van der Waals surface area contributed by atoms with Crippen LogP contribution in [0.15, 0.2) is 18.2 Å². The van der Waals surface area contributed by atoms with Gasteiger partial charge < -0.3 is 14.9 Å². The fourth-order valence-corrected chi connectivity index (χ4v) is 1.61. The van der Waals surface area contributed by atoms with Gasteiger partial charge in [0.05, 0.1) is 12.5 Å². The molecule has 0 radical (unpaired) electrons. The third-order valence-electron chi connectivity index (χ3n) is 2.39. The molecule has 2 unspecified atom stereocenters. The summed E-state index contributed by atoms with van der Waals surface area (Å²) in [7, 11) is 0. The number of carbonyl (C=O) groups is 1. The van der Waals surface area contributed by atoms with Gasteiger partial charge in [-0.25, -0.2) is 9.18 Å². The maximum absolute atomic E-state index is 13.4. The Labute approximate surface area is 109 Å². The molecule has 1 rings (SSSR count). The molecule has 0 aliphatic rings. The van der Waals surface area contributed by atoms with E-state index in [4.69, 9.17) is 11.6 Å². The van der Waals surface area contributed by atoms with E-state index in [0.717, 1.165) is 6.07 Å². The molecule has 0 bridgehead atoms. The van der Waals surface area contributed by atoms with E-state index >= 15 is 0 Å². The Morgan fingerprint density at radius 1 is 1.50 bits per heavy atom. The van der Waals surface area contributed by atoms with Gasteiger partial charge in [0.25, 0.3) is 0 Å². The van der Waals surface area contributed by atoms with Gasteiger partial charge in [-0.05, 0) is 18.6 Å². The number of esters is 1. The molecular weight excluding hydrogens is 263 g/mol. The van der Waals surface area contributed by atoms with Gasteiger partial charge >= 0.3 is 5.97 Å². The molecule has 1 aromatic rings. The van der Waals surface area contributed by atoms with Crippen molar-refractivity contribution in [3.63, 3.8) is 0 Å². The Hall–Kier alpha value is -1.17. The largest absolute Gasteiger partial charge is 0.464 e. The lowest BCUT2D eigenvalue weighted by Crippen LogP contribution is -2.30. The van der Waals surface area contributed by atoms with E-state index < -0.39 is 24.0 Å². The molecule has 0 saturated heterocycles. The summed E-state index contributed by atoms with van der Waals surface area (Å²) in [6.07, 6.45) is -3.28. The van der Waals surface area contributed by atoms with Crippen LogP contribution in [0.25, 0.3) is 0 Å². The van der Waals surface area contributed by atoms with Crippen molar-refractivity contribution >= 4 is 17.6 Å². The molecule has 100 valence electrons. The van der Waals surface area contributed by atoms with Crippen molar-refractivity contribution in [2.24, 2.45) is 0 Å². The number of ether oxygens (including phenoxy) is 1. The Morgan fingerprint density at radius 2 is 2.17 bits per heavy atom. The van der Waals surface area contributed by atoms with Crippen LogP contribution in [-0.4, -0.2) is 28.9 Å². The fourth-order valence-electron chi connectivity index (χ4n) is 1.39. The average Bonchev–Trinajstić information content (AvgIpc) is 2.37. The van der Waals surface area contributed by atoms with Gasteiger partial charge in [0.2, 0.25) is 0 Å². The third kappa shape index (κ3) is 3.41. The summed E-state index contributed by atoms with van der Waals surface area (Å²) in [5, 5.41) is 19.2. The topological polar surface area (TPSA) is 66.8 Å². The molecule has 0 amide bonds. The van der Waals surface area contributed by atoms with Gasteiger partial charge in [-0.1, -0.05) is 12.1 Å². The molecule has 0 aromatic heterocycles. The molecule has 2 atom stereocenters. The monoisotopic (exact) mass is 276 g/mol. The number of aliphatic hydroxyl groups is 2. The summed E-state index contributed by atoms with van der Waals surface area (Å²) in [5.41, 5.74) is 0.361. The van der Waals surface area contributed by atoms with Gasteiger partial charge in [0.15, 0.2) is 6.10 Å². The summed E-state index contributed by atoms with van der Waals surface area (Å²) < 4.78 is 18.0. The van der Waals surface area contributed by atoms with Crippen molar-refractivity contribution in [1.29, 1.82) is 0 Å². The first kappa shape index (κ1) is 14.9. The zero-order chi connectivity index (χ0) is 13.7. The molecule has 6 heteroatoms. The van der Waals surface area contributed by atoms with Gasteiger partial charge in [-0.3, -0.25) is 0 Å². The van der Waals surface area contributed by atoms with Gasteiger partial charge in [-0.15, -0.1) is 11.6 Å². The first-order valence-electron chi connectivity index (χ1n) is 5.38. The normalized spacial score (nSPS) is 14.1. The molecule has 1 aromatic carbocycles. The van der Waals surface area contributed by atoms with Gasteiger partial charge in [0.1, 0.15) is 11.9 Å². The van der Waals surface area contributed by atoms with E-state index in [1.165, 1.54) is 12.1 Å². The number of aliphatic hydroxyl groups excluding tert-OH is 2. The summed E-state index contributed by atoms with van der Waals surface area (Å²) >= 11 is 5.49. The van der Waals surface area contributed by atoms with E-state index in [0.29, 0.717) is 0 Å². The lowest BCUT2D eigenvalue weighted by atomic mass is 10.0. The van der Waals surface area contributed by atoms with Crippen LogP contribution in [-0.2, 0) is 15.4 Å². The van der Waals surface area contributed by atoms with Crippen molar-refractivity contribution in [2.75, 3.05) is 6.61 Å². The van der Waals surface area contributed by atoms with Crippen LogP contribution in [0.4, 0.5) is 4.39 Å². The molecular formula is C12H14ClFO4. The first-order chi connectivity index (χ1) is 8.51. The van der Waals surface area contributed by atoms with Crippen LogP contribution < -0.4 is 0 Å². The maximum Gasteiger partial charge on any atom is 0.338 e. The molecule has 0 spiro atoms. The Balaban J connectivity index is 2.86. The predicted octanol–water partition coefficient (Wildman–Crippen LogP) is 1.52. The van der Waals surface area contributed by atoms with Crippen LogP contribution in [0.1, 0.15) is 24.2 Å². The van der Waals surface area contributed by atoms with Crippen molar-refractivity contribution in [3.8, 4) is 0 Å². The van der Waals surface area contributed by atoms with Crippen LogP contribution >= 0.6 is 11.6 Å². The molecule has 18 heavy (non-hydrogen) atoms. The predicted molar refractivity (Wildman–Crippen MR) is 63.6 cm³/mol. The van der Waals surface area contributed by atoms with Crippen molar-refractivity contribution < 1.29 is 24.1 Å². The highest BCUT2D eigenvalue weighted by Crippen LogP contribution is 2.21. The fraction of sp³-hybridized carbons (Fsp3) is 0.417. The van der Waals surface area contributed by atoms with Crippen molar-refractivity contribution in [3.05, 3.63) is 35.1 Å². The Kier molecular flexibility index (Phi) is 5.53. The quantitative estimate of drug-likeness (QED) is 0.632. The van der Waals surface area contributed by atoms with E-state index in [1.54, 1.807) is 6.92 Å². The summed E-state index contributed by atoms with van der Waals surface area (Å²) in [6.45, 7) is 1.66. The van der Waals surface area contributed by atoms with Crippen molar-refractivity contribution in [2.45, 2.75) is 25.0 Å². The molecule has 0 fully saturated rings. The summed E-state index contributed by atoms with van der Waals surface area (Å²) in [4.78, 5) is 11.2. The smallest absolute Gasteiger partial charge is 0.338 e. The number of halogens is 2. The molecule has 0 aliphatic carbocycles. The highest BCUT2D eigenvalue weighted by Gasteiger charge is 2.27. The molecule has 0 heterocycles. The van der Waals surface area contributed by atoms with E-state index in [9.17, 15) is 19.4 Å². The second kappa shape index (κ2) is 6.68. The standard InChI is InChI=1S/C12H14ClFO4/c1-2-18-12(17)11(16)10(15)7-3-4-8(6-13)9(14)5-7/h3-5,10-11,15-16H,2,6H2,1H3. The minimum atomic E-state index is -1.74. The zero-order valence-corrected chi connectivity index (χ0v) is 10.5. The minimum absolute atomic E-state index is 0.00262. The van der Waals surface area contributed by atoms with Crippen molar-refractivity contribution in [1.82, 2.24) is 0 Å². The molecule has 0 aliphatic heterocycles. The lowest BCUT2D eigenvalue weighted by Gasteiger charge is -2.17. The van der Waals surface area contributed by atoms with Gasteiger partial charge in [0, 0.05) is 5.56 Å². The van der Waals surface area contributed by atoms with Crippen LogP contribution in [0.5, 0.6) is 0 Å². The number of alkyl halides is 1. The average molecular weight is 277 g/mol. The zero-order valence-electron chi connectivity index (χ0n) is 9.77. The van der Waals surface area contributed by atoms with E-state index in [-0.39, 0.29) is 23.6 Å². The number of hydrogen-bond acceptors (Lipinski definition) is 4. The Morgan fingerprint density at radius 3 is 2.67 bits per heavy atom. The van der Waals surface area contributed by atoms with Crippen LogP contribution in [0.2, 0.25) is 0 Å². The van der Waals surface area contributed by atoms with Crippen LogP contribution in [0, 0.1) is 5.82 Å². The maximum atomic E-state index is 13.4. The minimum Gasteiger partial charge on any atom is -0.464 e. The molecule has 2 N–H and O–H groups in total. The van der Waals surface area contributed by atoms with E-state index in [1.807, 2.05) is 0 Å². The number of carbonyl (C=O) groups excluding carboxylic acids is 1. The third-order valence-corrected chi connectivity index (χ3v) is 2.68. The van der Waals surface area contributed by atoms with Crippen LogP contribution in [0.3, 0.4) is 0 Å².